The number of aliphatic carboxylic acids is 1. The fraction of sp³-hybridized carbons (Fsp3) is 0.929. The molecule has 3 atom stereocenters. The van der Waals surface area contributed by atoms with Gasteiger partial charge in [-0.25, -0.2) is 0 Å². The maximum atomic E-state index is 11.1. The summed E-state index contributed by atoms with van der Waals surface area (Å²) < 4.78 is 0. The lowest BCUT2D eigenvalue weighted by molar-refractivity contribution is -0.144. The van der Waals surface area contributed by atoms with Crippen LogP contribution in [0.4, 0.5) is 0 Å². The van der Waals surface area contributed by atoms with Gasteiger partial charge in [0.1, 0.15) is 6.04 Å². The molecule has 0 spiro atoms. The van der Waals surface area contributed by atoms with Crippen LogP contribution in [-0.4, -0.2) is 35.1 Å². The number of hydrogen-bond donors (Lipinski definition) is 1. The van der Waals surface area contributed by atoms with Gasteiger partial charge in [-0.1, -0.05) is 33.6 Å². The molecule has 1 saturated carbocycles. The van der Waals surface area contributed by atoms with Gasteiger partial charge in [-0.15, -0.1) is 0 Å². The standard InChI is InChI=1S/C14H27NO2/c1-10(13(16)17)15(5)12-9-7-6-8-11(12)14(2,3)4/h10-12H,6-9H2,1-5H3,(H,16,17). The summed E-state index contributed by atoms with van der Waals surface area (Å²) >= 11 is 0. The molecule has 17 heavy (non-hydrogen) atoms. The third-order valence-electron chi connectivity index (χ3n) is 4.33. The number of carbonyl (C=O) groups is 1. The summed E-state index contributed by atoms with van der Waals surface area (Å²) in [6.45, 7) is 8.61. The van der Waals surface area contributed by atoms with Crippen molar-refractivity contribution in [2.24, 2.45) is 11.3 Å². The highest BCUT2D eigenvalue weighted by atomic mass is 16.4. The van der Waals surface area contributed by atoms with Gasteiger partial charge in [0.05, 0.1) is 0 Å². The van der Waals surface area contributed by atoms with Crippen molar-refractivity contribution < 1.29 is 9.90 Å². The molecule has 0 aromatic heterocycles. The van der Waals surface area contributed by atoms with E-state index in [1.807, 2.05) is 7.05 Å². The van der Waals surface area contributed by atoms with Gasteiger partial charge in [0.25, 0.3) is 0 Å². The van der Waals surface area contributed by atoms with Crippen LogP contribution in [0, 0.1) is 11.3 Å². The molecule has 3 nitrogen and oxygen atoms in total. The topological polar surface area (TPSA) is 40.5 Å². The number of rotatable bonds is 3. The Morgan fingerprint density at radius 2 is 1.82 bits per heavy atom. The molecule has 3 heteroatoms. The molecule has 0 saturated heterocycles. The molecule has 0 aromatic carbocycles. The van der Waals surface area contributed by atoms with Gasteiger partial charge in [-0.05, 0) is 38.1 Å². The van der Waals surface area contributed by atoms with Gasteiger partial charge in [-0.2, -0.15) is 0 Å². The summed E-state index contributed by atoms with van der Waals surface area (Å²) in [7, 11) is 1.97. The van der Waals surface area contributed by atoms with Gasteiger partial charge in [0.15, 0.2) is 0 Å². The molecule has 1 aliphatic carbocycles. The Morgan fingerprint density at radius 1 is 1.29 bits per heavy atom. The normalized spacial score (nSPS) is 28.1. The van der Waals surface area contributed by atoms with Crippen LogP contribution < -0.4 is 0 Å². The Balaban J connectivity index is 2.81. The monoisotopic (exact) mass is 241 g/mol. The van der Waals surface area contributed by atoms with E-state index in [-0.39, 0.29) is 11.5 Å². The zero-order valence-corrected chi connectivity index (χ0v) is 11.9. The van der Waals surface area contributed by atoms with E-state index in [0.29, 0.717) is 12.0 Å². The second kappa shape index (κ2) is 5.38. The number of nitrogens with zero attached hydrogens (tertiary/aromatic N) is 1. The van der Waals surface area contributed by atoms with E-state index in [2.05, 4.69) is 25.7 Å². The van der Waals surface area contributed by atoms with Gasteiger partial charge in [0, 0.05) is 6.04 Å². The first-order valence-electron chi connectivity index (χ1n) is 6.70. The predicted molar refractivity (Wildman–Crippen MR) is 70.1 cm³/mol. The molecule has 1 rings (SSSR count). The van der Waals surface area contributed by atoms with E-state index in [1.165, 1.54) is 19.3 Å². The van der Waals surface area contributed by atoms with E-state index in [4.69, 9.17) is 5.11 Å². The van der Waals surface area contributed by atoms with E-state index < -0.39 is 5.97 Å². The number of likely N-dealkylation sites (N-methyl/N-ethyl adjacent to an activating group) is 1. The SMILES string of the molecule is CC(C(=O)O)N(C)C1CCCCC1C(C)(C)C. The summed E-state index contributed by atoms with van der Waals surface area (Å²) in [5.41, 5.74) is 0.261. The van der Waals surface area contributed by atoms with E-state index in [9.17, 15) is 4.79 Å². The van der Waals surface area contributed by atoms with Crippen molar-refractivity contribution in [2.45, 2.75) is 65.5 Å². The fourth-order valence-electron chi connectivity index (χ4n) is 3.07. The number of carboxylic acids is 1. The second-order valence-corrected chi connectivity index (χ2v) is 6.50. The molecule has 3 unspecified atom stereocenters. The zero-order valence-electron chi connectivity index (χ0n) is 11.9. The lowest BCUT2D eigenvalue weighted by Gasteiger charge is -2.45. The largest absolute Gasteiger partial charge is 0.480 e. The average Bonchev–Trinajstić information content (AvgIpc) is 2.25. The van der Waals surface area contributed by atoms with Crippen molar-refractivity contribution >= 4 is 5.97 Å². The van der Waals surface area contributed by atoms with Crippen molar-refractivity contribution in [1.29, 1.82) is 0 Å². The first-order chi connectivity index (χ1) is 7.75. The molecule has 1 aliphatic rings. The predicted octanol–water partition coefficient (Wildman–Crippen LogP) is 3.00. The minimum atomic E-state index is -0.717. The summed E-state index contributed by atoms with van der Waals surface area (Å²) in [5.74, 6) is -0.117. The molecule has 0 amide bonds. The lowest BCUT2D eigenvalue weighted by Crippen LogP contribution is -2.50. The van der Waals surface area contributed by atoms with Crippen molar-refractivity contribution in [2.75, 3.05) is 7.05 Å². The van der Waals surface area contributed by atoms with Crippen LogP contribution in [0.15, 0.2) is 0 Å². The third-order valence-corrected chi connectivity index (χ3v) is 4.33. The lowest BCUT2D eigenvalue weighted by atomic mass is 9.69. The van der Waals surface area contributed by atoms with Crippen LogP contribution in [0.2, 0.25) is 0 Å². The molecule has 0 radical (unpaired) electrons. The Bertz CT molecular complexity index is 270. The Morgan fingerprint density at radius 3 is 2.29 bits per heavy atom. The molecular formula is C14H27NO2. The quantitative estimate of drug-likeness (QED) is 0.825. The minimum Gasteiger partial charge on any atom is -0.480 e. The highest BCUT2D eigenvalue weighted by molar-refractivity contribution is 5.72. The Labute approximate surface area is 105 Å². The van der Waals surface area contributed by atoms with Crippen LogP contribution >= 0.6 is 0 Å². The number of carboxylic acid groups (broad SMARTS) is 1. The number of hydrogen-bond acceptors (Lipinski definition) is 2. The molecule has 1 fully saturated rings. The Hall–Kier alpha value is -0.570. The summed E-state index contributed by atoms with van der Waals surface area (Å²) in [5, 5.41) is 9.13. The summed E-state index contributed by atoms with van der Waals surface area (Å²) in [6, 6.07) is 0.0257. The van der Waals surface area contributed by atoms with Crippen LogP contribution in [0.1, 0.15) is 53.4 Å². The van der Waals surface area contributed by atoms with Gasteiger partial charge >= 0.3 is 5.97 Å². The fourth-order valence-corrected chi connectivity index (χ4v) is 3.07. The van der Waals surface area contributed by atoms with Crippen molar-refractivity contribution in [3.63, 3.8) is 0 Å². The molecule has 0 bridgehead atoms. The maximum absolute atomic E-state index is 11.1. The van der Waals surface area contributed by atoms with Crippen LogP contribution in [0.3, 0.4) is 0 Å². The van der Waals surface area contributed by atoms with Crippen LogP contribution in [0.25, 0.3) is 0 Å². The summed E-state index contributed by atoms with van der Waals surface area (Å²) in [6.07, 6.45) is 4.88. The van der Waals surface area contributed by atoms with E-state index >= 15 is 0 Å². The summed E-state index contributed by atoms with van der Waals surface area (Å²) in [4.78, 5) is 13.2. The Kier molecular flexibility index (Phi) is 4.59. The van der Waals surface area contributed by atoms with Crippen LogP contribution in [0.5, 0.6) is 0 Å². The third kappa shape index (κ3) is 3.44. The highest BCUT2D eigenvalue weighted by Gasteiger charge is 2.38. The molecule has 100 valence electrons. The second-order valence-electron chi connectivity index (χ2n) is 6.50. The van der Waals surface area contributed by atoms with Crippen LogP contribution in [-0.2, 0) is 4.79 Å². The maximum Gasteiger partial charge on any atom is 0.320 e. The molecular weight excluding hydrogens is 214 g/mol. The van der Waals surface area contributed by atoms with E-state index in [1.54, 1.807) is 6.92 Å². The smallest absolute Gasteiger partial charge is 0.320 e. The highest BCUT2D eigenvalue weighted by Crippen LogP contribution is 2.40. The van der Waals surface area contributed by atoms with Gasteiger partial charge in [-0.3, -0.25) is 9.69 Å². The molecule has 0 aliphatic heterocycles. The zero-order chi connectivity index (χ0) is 13.2. The average molecular weight is 241 g/mol. The van der Waals surface area contributed by atoms with Crippen molar-refractivity contribution in [1.82, 2.24) is 4.90 Å². The first-order valence-corrected chi connectivity index (χ1v) is 6.70. The van der Waals surface area contributed by atoms with Gasteiger partial charge in [0.2, 0.25) is 0 Å². The molecule has 1 N–H and O–H groups in total. The first kappa shape index (κ1) is 14.5. The van der Waals surface area contributed by atoms with E-state index in [0.717, 1.165) is 6.42 Å². The minimum absolute atomic E-state index is 0.261. The van der Waals surface area contributed by atoms with Crippen molar-refractivity contribution in [3.8, 4) is 0 Å². The van der Waals surface area contributed by atoms with Crippen molar-refractivity contribution in [3.05, 3.63) is 0 Å². The van der Waals surface area contributed by atoms with Gasteiger partial charge < -0.3 is 5.11 Å². The molecule has 0 aromatic rings. The molecule has 0 heterocycles.